The van der Waals surface area contributed by atoms with Crippen LogP contribution in [0.2, 0.25) is 0 Å². The first-order valence-electron chi connectivity index (χ1n) is 8.04. The summed E-state index contributed by atoms with van der Waals surface area (Å²) in [7, 11) is 0. The van der Waals surface area contributed by atoms with Gasteiger partial charge in [0.1, 0.15) is 5.75 Å². The molecular formula is C18H22N2O3. The zero-order chi connectivity index (χ0) is 16.2. The third-order valence-corrected chi connectivity index (χ3v) is 4.36. The number of aromatic hydroxyl groups is 2. The topological polar surface area (TPSA) is 65.7 Å². The van der Waals surface area contributed by atoms with Crippen molar-refractivity contribution in [2.45, 2.75) is 32.4 Å². The molecular weight excluding hydrogens is 292 g/mol. The first kappa shape index (κ1) is 15.6. The molecule has 1 aliphatic rings. The lowest BCUT2D eigenvalue weighted by molar-refractivity contribution is 0.318. The average Bonchev–Trinajstić information content (AvgIpc) is 3.04. The summed E-state index contributed by atoms with van der Waals surface area (Å²) in [6.45, 7) is 3.55. The van der Waals surface area contributed by atoms with Crippen LogP contribution in [0.15, 0.2) is 41.3 Å². The lowest BCUT2D eigenvalue weighted by Gasteiger charge is -2.19. The largest absolute Gasteiger partial charge is 0.508 e. The summed E-state index contributed by atoms with van der Waals surface area (Å²) in [4.78, 5) is 14.1. The van der Waals surface area contributed by atoms with Crippen molar-refractivity contribution in [3.63, 3.8) is 0 Å². The van der Waals surface area contributed by atoms with E-state index in [0.717, 1.165) is 37.3 Å². The SMILES string of the molecule is O=c1cc(CN2CCCC2)n(CCc2ccc(O)cc2)cc1O. The van der Waals surface area contributed by atoms with Crippen LogP contribution < -0.4 is 5.43 Å². The maximum absolute atomic E-state index is 11.8. The van der Waals surface area contributed by atoms with E-state index >= 15 is 0 Å². The van der Waals surface area contributed by atoms with Crippen molar-refractivity contribution in [3.05, 3.63) is 58.0 Å². The van der Waals surface area contributed by atoms with E-state index in [2.05, 4.69) is 4.90 Å². The van der Waals surface area contributed by atoms with E-state index in [1.54, 1.807) is 18.2 Å². The Labute approximate surface area is 135 Å². The maximum atomic E-state index is 11.8. The molecule has 1 saturated heterocycles. The summed E-state index contributed by atoms with van der Waals surface area (Å²) in [6, 6.07) is 8.66. The van der Waals surface area contributed by atoms with Crippen LogP contribution in [0.1, 0.15) is 24.1 Å². The second-order valence-corrected chi connectivity index (χ2v) is 6.11. The van der Waals surface area contributed by atoms with E-state index in [1.165, 1.54) is 19.0 Å². The second-order valence-electron chi connectivity index (χ2n) is 6.11. The van der Waals surface area contributed by atoms with E-state index in [9.17, 15) is 15.0 Å². The van der Waals surface area contributed by atoms with Crippen LogP contribution in [0.4, 0.5) is 0 Å². The smallest absolute Gasteiger partial charge is 0.223 e. The van der Waals surface area contributed by atoms with Crippen LogP contribution in [0.25, 0.3) is 0 Å². The van der Waals surface area contributed by atoms with Gasteiger partial charge in [-0.05, 0) is 50.0 Å². The molecule has 122 valence electrons. The molecule has 3 rings (SSSR count). The predicted molar refractivity (Wildman–Crippen MR) is 88.7 cm³/mol. The van der Waals surface area contributed by atoms with Gasteiger partial charge in [-0.1, -0.05) is 12.1 Å². The highest BCUT2D eigenvalue weighted by atomic mass is 16.3. The molecule has 1 fully saturated rings. The van der Waals surface area contributed by atoms with Gasteiger partial charge in [-0.15, -0.1) is 0 Å². The monoisotopic (exact) mass is 314 g/mol. The van der Waals surface area contributed by atoms with Gasteiger partial charge in [-0.2, -0.15) is 0 Å². The van der Waals surface area contributed by atoms with Crippen LogP contribution in [-0.2, 0) is 19.5 Å². The normalized spacial score (nSPS) is 15.1. The van der Waals surface area contributed by atoms with Crippen molar-refractivity contribution in [1.82, 2.24) is 9.47 Å². The van der Waals surface area contributed by atoms with Gasteiger partial charge in [0.15, 0.2) is 5.75 Å². The Morgan fingerprint density at radius 2 is 1.74 bits per heavy atom. The number of hydrogen-bond acceptors (Lipinski definition) is 4. The molecule has 0 unspecified atom stereocenters. The number of phenolic OH excluding ortho intramolecular Hbond substituents is 1. The number of aromatic nitrogens is 1. The van der Waals surface area contributed by atoms with Crippen molar-refractivity contribution < 1.29 is 10.2 Å². The van der Waals surface area contributed by atoms with Crippen molar-refractivity contribution in [2.75, 3.05) is 13.1 Å². The molecule has 2 N–H and O–H groups in total. The molecule has 5 nitrogen and oxygen atoms in total. The molecule has 0 atom stereocenters. The number of nitrogens with zero attached hydrogens (tertiary/aromatic N) is 2. The van der Waals surface area contributed by atoms with Gasteiger partial charge < -0.3 is 14.8 Å². The molecule has 0 amide bonds. The van der Waals surface area contributed by atoms with Crippen LogP contribution in [0.5, 0.6) is 11.5 Å². The zero-order valence-electron chi connectivity index (χ0n) is 13.1. The second kappa shape index (κ2) is 6.87. The predicted octanol–water partition coefficient (Wildman–Crippen LogP) is 2.10. The van der Waals surface area contributed by atoms with Crippen LogP contribution in [0, 0.1) is 0 Å². The number of aryl methyl sites for hydroxylation is 2. The molecule has 0 spiro atoms. The number of pyridine rings is 1. The Morgan fingerprint density at radius 1 is 1.04 bits per heavy atom. The van der Waals surface area contributed by atoms with Gasteiger partial charge >= 0.3 is 0 Å². The Hall–Kier alpha value is -2.27. The van der Waals surface area contributed by atoms with Crippen molar-refractivity contribution >= 4 is 0 Å². The number of benzene rings is 1. The molecule has 2 aromatic rings. The average molecular weight is 314 g/mol. The Morgan fingerprint density at radius 3 is 2.43 bits per heavy atom. The minimum absolute atomic E-state index is 0.208. The lowest BCUT2D eigenvalue weighted by atomic mass is 10.1. The summed E-state index contributed by atoms with van der Waals surface area (Å²) in [5.41, 5.74) is 1.72. The summed E-state index contributed by atoms with van der Waals surface area (Å²) in [6.07, 6.45) is 4.72. The minimum Gasteiger partial charge on any atom is -0.508 e. The van der Waals surface area contributed by atoms with E-state index in [4.69, 9.17) is 0 Å². The highest BCUT2D eigenvalue weighted by Gasteiger charge is 2.14. The number of likely N-dealkylation sites (tertiary alicyclic amines) is 1. The van der Waals surface area contributed by atoms with E-state index in [1.807, 2.05) is 16.7 Å². The molecule has 0 saturated carbocycles. The molecule has 0 aliphatic carbocycles. The molecule has 1 aromatic carbocycles. The maximum Gasteiger partial charge on any atom is 0.223 e. The van der Waals surface area contributed by atoms with Gasteiger partial charge in [-0.3, -0.25) is 9.69 Å². The van der Waals surface area contributed by atoms with Gasteiger partial charge in [0.25, 0.3) is 0 Å². The van der Waals surface area contributed by atoms with Gasteiger partial charge in [0.05, 0.1) is 6.20 Å². The number of rotatable bonds is 5. The van der Waals surface area contributed by atoms with E-state index < -0.39 is 0 Å². The molecule has 5 heteroatoms. The van der Waals surface area contributed by atoms with Gasteiger partial charge in [-0.25, -0.2) is 0 Å². The molecule has 23 heavy (non-hydrogen) atoms. The summed E-state index contributed by atoms with van der Waals surface area (Å²) >= 11 is 0. The third kappa shape index (κ3) is 3.93. The van der Waals surface area contributed by atoms with Crippen LogP contribution >= 0.6 is 0 Å². The fourth-order valence-corrected chi connectivity index (χ4v) is 3.03. The summed E-state index contributed by atoms with van der Waals surface area (Å²) in [5.74, 6) is 0.0466. The van der Waals surface area contributed by atoms with Crippen molar-refractivity contribution in [1.29, 1.82) is 0 Å². The fourth-order valence-electron chi connectivity index (χ4n) is 3.03. The molecule has 0 radical (unpaired) electrons. The lowest BCUT2D eigenvalue weighted by Crippen LogP contribution is -2.23. The Bertz CT molecular complexity index is 716. The first-order chi connectivity index (χ1) is 11.1. The number of phenols is 1. The highest BCUT2D eigenvalue weighted by molar-refractivity contribution is 5.26. The highest BCUT2D eigenvalue weighted by Crippen LogP contribution is 2.15. The summed E-state index contributed by atoms with van der Waals surface area (Å²) in [5, 5.41) is 19.1. The summed E-state index contributed by atoms with van der Waals surface area (Å²) < 4.78 is 1.96. The van der Waals surface area contributed by atoms with E-state index in [-0.39, 0.29) is 16.9 Å². The van der Waals surface area contributed by atoms with Gasteiger partial charge in [0, 0.05) is 24.8 Å². The molecule has 0 bridgehead atoms. The standard InChI is InChI=1S/C18H22N2O3/c21-16-5-3-14(4-6-16)7-10-20-13-18(23)17(22)11-15(20)12-19-8-1-2-9-19/h3-6,11,13,21,23H,1-2,7-10,12H2. The van der Waals surface area contributed by atoms with Crippen LogP contribution in [0.3, 0.4) is 0 Å². The Balaban J connectivity index is 1.77. The van der Waals surface area contributed by atoms with Gasteiger partial charge in [0.2, 0.25) is 5.43 Å². The van der Waals surface area contributed by atoms with Crippen molar-refractivity contribution in [3.8, 4) is 11.5 Å². The molecule has 1 aromatic heterocycles. The van der Waals surface area contributed by atoms with E-state index in [0.29, 0.717) is 6.54 Å². The first-order valence-corrected chi connectivity index (χ1v) is 8.04. The van der Waals surface area contributed by atoms with Crippen LogP contribution in [-0.4, -0.2) is 32.8 Å². The third-order valence-electron chi connectivity index (χ3n) is 4.36. The Kier molecular flexibility index (Phi) is 4.67. The quantitative estimate of drug-likeness (QED) is 0.887. The zero-order valence-corrected chi connectivity index (χ0v) is 13.1. The minimum atomic E-state index is -0.319. The van der Waals surface area contributed by atoms with Crippen molar-refractivity contribution in [2.24, 2.45) is 0 Å². The number of hydrogen-bond donors (Lipinski definition) is 2. The fraction of sp³-hybridized carbons (Fsp3) is 0.389. The molecule has 2 heterocycles. The molecule has 1 aliphatic heterocycles.